The zero-order chi connectivity index (χ0) is 11.3. The van der Waals surface area contributed by atoms with Gasteiger partial charge in [0.05, 0.1) is 8.45 Å². The van der Waals surface area contributed by atoms with E-state index in [1.807, 2.05) is 18.5 Å². The maximum atomic E-state index is 11.6. The lowest BCUT2D eigenvalue weighted by atomic mass is 10.2. The van der Waals surface area contributed by atoms with Crippen molar-refractivity contribution in [2.45, 2.75) is 6.92 Å². The minimum Gasteiger partial charge on any atom is -0.352 e. The largest absolute Gasteiger partial charge is 0.352 e. The Labute approximate surface area is 108 Å². The highest BCUT2D eigenvalue weighted by Gasteiger charge is 2.08. The lowest BCUT2D eigenvalue weighted by Crippen LogP contribution is -2.31. The summed E-state index contributed by atoms with van der Waals surface area (Å²) >= 11 is 3.81. The van der Waals surface area contributed by atoms with E-state index < -0.39 is 0 Å². The summed E-state index contributed by atoms with van der Waals surface area (Å²) in [5.74, 6) is 0.480. The molecule has 0 radical (unpaired) electrons. The average molecular weight is 338 g/mol. The van der Waals surface area contributed by atoms with E-state index in [0.29, 0.717) is 12.5 Å². The second kappa shape index (κ2) is 6.44. The number of hydrogen-bond donors (Lipinski definition) is 2. The molecule has 0 aromatic carbocycles. The molecule has 0 aliphatic carbocycles. The molecule has 1 atom stereocenters. The van der Waals surface area contributed by atoms with Crippen molar-refractivity contribution in [1.82, 2.24) is 10.6 Å². The van der Waals surface area contributed by atoms with Crippen molar-refractivity contribution in [3.63, 3.8) is 0 Å². The Balaban J connectivity index is 2.36. The average Bonchev–Trinajstić information content (AvgIpc) is 2.62. The van der Waals surface area contributed by atoms with Crippen molar-refractivity contribution in [3.8, 4) is 0 Å². The molecule has 5 heteroatoms. The zero-order valence-electron chi connectivity index (χ0n) is 8.84. The molecule has 15 heavy (non-hydrogen) atoms. The third-order valence-corrected chi connectivity index (χ3v) is 3.78. The molecule has 0 fully saturated rings. The first-order valence-electron chi connectivity index (χ1n) is 4.80. The molecule has 1 amide bonds. The second-order valence-corrected chi connectivity index (χ2v) is 6.32. The first-order valence-corrected chi connectivity index (χ1v) is 6.76. The molecule has 0 saturated heterocycles. The van der Waals surface area contributed by atoms with Crippen LogP contribution in [-0.4, -0.2) is 26.0 Å². The van der Waals surface area contributed by atoms with Crippen molar-refractivity contribution < 1.29 is 4.79 Å². The van der Waals surface area contributed by atoms with Gasteiger partial charge in [-0.3, -0.25) is 4.79 Å². The van der Waals surface area contributed by atoms with E-state index in [4.69, 9.17) is 0 Å². The smallest absolute Gasteiger partial charge is 0.252 e. The van der Waals surface area contributed by atoms with Gasteiger partial charge in [-0.25, -0.2) is 0 Å². The van der Waals surface area contributed by atoms with Gasteiger partial charge in [-0.05, 0) is 48.2 Å². The summed E-state index contributed by atoms with van der Waals surface area (Å²) in [7, 11) is 1.92. The molecular weight excluding hydrogens is 323 g/mol. The molecule has 1 aromatic heterocycles. The summed E-state index contributed by atoms with van der Waals surface area (Å²) < 4.78 is 1.14. The first-order chi connectivity index (χ1) is 7.13. The van der Waals surface area contributed by atoms with Crippen molar-refractivity contribution in [2.24, 2.45) is 5.92 Å². The Bertz CT molecular complexity index is 327. The van der Waals surface area contributed by atoms with Gasteiger partial charge in [0.25, 0.3) is 5.91 Å². The van der Waals surface area contributed by atoms with Crippen molar-refractivity contribution >= 4 is 39.8 Å². The fraction of sp³-hybridized carbons (Fsp3) is 0.500. The highest BCUT2D eigenvalue weighted by Crippen LogP contribution is 2.16. The second-order valence-electron chi connectivity index (χ2n) is 3.51. The highest BCUT2D eigenvalue weighted by molar-refractivity contribution is 14.1. The van der Waals surface area contributed by atoms with Crippen LogP contribution in [0.4, 0.5) is 0 Å². The zero-order valence-corrected chi connectivity index (χ0v) is 11.8. The number of amides is 1. The predicted molar refractivity (Wildman–Crippen MR) is 72.5 cm³/mol. The van der Waals surface area contributed by atoms with Crippen LogP contribution in [0.5, 0.6) is 0 Å². The van der Waals surface area contributed by atoms with E-state index in [1.54, 1.807) is 11.3 Å². The molecule has 0 bridgehead atoms. The quantitative estimate of drug-likeness (QED) is 0.806. The van der Waals surface area contributed by atoms with Gasteiger partial charge >= 0.3 is 0 Å². The van der Waals surface area contributed by atoms with Crippen LogP contribution in [-0.2, 0) is 0 Å². The molecular formula is C10H15IN2OS. The van der Waals surface area contributed by atoms with Gasteiger partial charge in [0.15, 0.2) is 0 Å². The van der Waals surface area contributed by atoms with Gasteiger partial charge in [-0.2, -0.15) is 0 Å². The van der Waals surface area contributed by atoms with E-state index in [2.05, 4.69) is 40.1 Å². The Morgan fingerprint density at radius 3 is 2.87 bits per heavy atom. The van der Waals surface area contributed by atoms with Crippen molar-refractivity contribution in [2.75, 3.05) is 20.1 Å². The molecule has 0 spiro atoms. The summed E-state index contributed by atoms with van der Waals surface area (Å²) in [6, 6.07) is 1.91. The van der Waals surface area contributed by atoms with Gasteiger partial charge in [0.1, 0.15) is 0 Å². The van der Waals surface area contributed by atoms with Crippen LogP contribution in [0.3, 0.4) is 0 Å². The molecule has 1 unspecified atom stereocenters. The third-order valence-electron chi connectivity index (χ3n) is 1.99. The van der Waals surface area contributed by atoms with Crippen LogP contribution in [0.25, 0.3) is 0 Å². The molecule has 84 valence electrons. The van der Waals surface area contributed by atoms with E-state index in [9.17, 15) is 4.79 Å². The maximum absolute atomic E-state index is 11.6. The first kappa shape index (κ1) is 12.9. The minimum atomic E-state index is 0.0251. The predicted octanol–water partition coefficient (Wildman–Crippen LogP) is 1.94. The maximum Gasteiger partial charge on any atom is 0.252 e. The van der Waals surface area contributed by atoms with Crippen LogP contribution < -0.4 is 10.6 Å². The van der Waals surface area contributed by atoms with Crippen molar-refractivity contribution in [1.29, 1.82) is 0 Å². The Morgan fingerprint density at radius 2 is 2.33 bits per heavy atom. The van der Waals surface area contributed by atoms with Gasteiger partial charge < -0.3 is 10.6 Å². The van der Waals surface area contributed by atoms with E-state index in [0.717, 1.165) is 15.0 Å². The van der Waals surface area contributed by atoms with E-state index in [1.165, 1.54) is 0 Å². The molecule has 0 aliphatic heterocycles. The van der Waals surface area contributed by atoms with Crippen LogP contribution >= 0.6 is 33.9 Å². The number of halogens is 1. The molecule has 2 N–H and O–H groups in total. The van der Waals surface area contributed by atoms with Crippen LogP contribution in [0.15, 0.2) is 11.4 Å². The Kier molecular flexibility index (Phi) is 5.55. The van der Waals surface area contributed by atoms with Gasteiger partial charge in [0, 0.05) is 11.9 Å². The van der Waals surface area contributed by atoms with E-state index in [-0.39, 0.29) is 5.91 Å². The molecule has 0 saturated carbocycles. The normalized spacial score (nSPS) is 12.5. The monoisotopic (exact) mass is 338 g/mol. The number of carbonyl (C=O) groups excluding carboxylic acids is 1. The minimum absolute atomic E-state index is 0.0251. The Morgan fingerprint density at radius 1 is 1.60 bits per heavy atom. The van der Waals surface area contributed by atoms with Crippen LogP contribution in [0, 0.1) is 8.80 Å². The van der Waals surface area contributed by atoms with Crippen molar-refractivity contribution in [3.05, 3.63) is 19.9 Å². The number of rotatable bonds is 5. The standard InChI is InChI=1S/C10H15IN2OS/c1-7(4-12-2)5-13-10(14)8-3-9(11)15-6-8/h3,6-7,12H,4-5H2,1-2H3,(H,13,14). The van der Waals surface area contributed by atoms with Gasteiger partial charge in [0.2, 0.25) is 0 Å². The third kappa shape index (κ3) is 4.48. The fourth-order valence-electron chi connectivity index (χ4n) is 1.22. The van der Waals surface area contributed by atoms with Gasteiger partial charge in [-0.15, -0.1) is 11.3 Å². The summed E-state index contributed by atoms with van der Waals surface area (Å²) in [6.07, 6.45) is 0. The Hall–Kier alpha value is -0.140. The lowest BCUT2D eigenvalue weighted by Gasteiger charge is -2.11. The summed E-state index contributed by atoms with van der Waals surface area (Å²) in [6.45, 7) is 3.74. The summed E-state index contributed by atoms with van der Waals surface area (Å²) in [4.78, 5) is 11.6. The number of thiophene rings is 1. The highest BCUT2D eigenvalue weighted by atomic mass is 127. The number of carbonyl (C=O) groups is 1. The fourth-order valence-corrected chi connectivity index (χ4v) is 2.55. The van der Waals surface area contributed by atoms with E-state index >= 15 is 0 Å². The number of nitrogens with one attached hydrogen (secondary N) is 2. The van der Waals surface area contributed by atoms with Gasteiger partial charge in [-0.1, -0.05) is 6.92 Å². The molecule has 0 aliphatic rings. The lowest BCUT2D eigenvalue weighted by molar-refractivity contribution is 0.0948. The summed E-state index contributed by atoms with van der Waals surface area (Å²) in [5, 5.41) is 7.89. The van der Waals surface area contributed by atoms with Crippen LogP contribution in [0.1, 0.15) is 17.3 Å². The molecule has 1 aromatic rings. The molecule has 1 rings (SSSR count). The number of hydrogen-bond acceptors (Lipinski definition) is 3. The molecule has 1 heterocycles. The molecule has 3 nitrogen and oxygen atoms in total. The summed E-state index contributed by atoms with van der Waals surface area (Å²) in [5.41, 5.74) is 0.765. The SMILES string of the molecule is CNCC(C)CNC(=O)c1csc(I)c1. The van der Waals surface area contributed by atoms with Crippen LogP contribution in [0.2, 0.25) is 0 Å². The topological polar surface area (TPSA) is 41.1 Å².